The molecule has 0 spiro atoms. The van der Waals surface area contributed by atoms with E-state index in [-0.39, 0.29) is 10.8 Å². The van der Waals surface area contributed by atoms with E-state index in [1.807, 2.05) is 0 Å². The van der Waals surface area contributed by atoms with E-state index in [1.54, 1.807) is 24.3 Å². The Morgan fingerprint density at radius 2 is 2.00 bits per heavy atom. The van der Waals surface area contributed by atoms with E-state index < -0.39 is 9.84 Å². The summed E-state index contributed by atoms with van der Waals surface area (Å²) < 4.78 is 28.7. The van der Waals surface area contributed by atoms with Gasteiger partial charge in [0.2, 0.25) is 0 Å². The van der Waals surface area contributed by atoms with Crippen LogP contribution in [0.2, 0.25) is 0 Å². The van der Waals surface area contributed by atoms with Crippen molar-refractivity contribution >= 4 is 9.84 Å². The molecular formula is C13H14N2O3S. The predicted molar refractivity (Wildman–Crippen MR) is 69.4 cm³/mol. The van der Waals surface area contributed by atoms with Crippen LogP contribution >= 0.6 is 0 Å². The second-order valence-electron chi connectivity index (χ2n) is 4.85. The molecule has 100 valence electrons. The summed E-state index contributed by atoms with van der Waals surface area (Å²) in [5, 5.41) is 3.96. The maximum absolute atomic E-state index is 11.7. The van der Waals surface area contributed by atoms with Gasteiger partial charge in [0, 0.05) is 12.2 Å². The fourth-order valence-electron chi connectivity index (χ4n) is 2.14. The van der Waals surface area contributed by atoms with Gasteiger partial charge in [-0.05, 0) is 25.0 Å². The number of benzene rings is 1. The van der Waals surface area contributed by atoms with Gasteiger partial charge in [-0.15, -0.1) is 0 Å². The molecule has 0 radical (unpaired) electrons. The Morgan fingerprint density at radius 1 is 1.26 bits per heavy atom. The Kier molecular flexibility index (Phi) is 2.89. The molecule has 1 fully saturated rings. The van der Waals surface area contributed by atoms with E-state index in [4.69, 9.17) is 4.52 Å². The smallest absolute Gasteiger partial charge is 0.259 e. The molecule has 0 unspecified atom stereocenters. The van der Waals surface area contributed by atoms with Crippen LogP contribution in [0.5, 0.6) is 0 Å². The number of rotatable bonds is 3. The third-order valence-corrected chi connectivity index (χ3v) is 4.58. The van der Waals surface area contributed by atoms with Gasteiger partial charge >= 0.3 is 0 Å². The molecule has 0 N–H and O–H groups in total. The van der Waals surface area contributed by atoms with Crippen LogP contribution in [0, 0.1) is 0 Å². The van der Waals surface area contributed by atoms with E-state index in [9.17, 15) is 8.42 Å². The van der Waals surface area contributed by atoms with Gasteiger partial charge in [-0.1, -0.05) is 23.7 Å². The third kappa shape index (κ3) is 2.28. The van der Waals surface area contributed by atoms with Crippen LogP contribution in [0.4, 0.5) is 0 Å². The molecule has 0 bridgehead atoms. The van der Waals surface area contributed by atoms with Gasteiger partial charge < -0.3 is 4.52 Å². The first-order valence-corrected chi connectivity index (χ1v) is 8.08. The van der Waals surface area contributed by atoms with Crippen LogP contribution in [-0.2, 0) is 9.84 Å². The van der Waals surface area contributed by atoms with Crippen LogP contribution in [0.15, 0.2) is 33.7 Å². The van der Waals surface area contributed by atoms with E-state index in [1.165, 1.54) is 12.7 Å². The monoisotopic (exact) mass is 278 g/mol. The molecule has 3 rings (SSSR count). The normalized spacial score (nSPS) is 16.3. The molecule has 1 heterocycles. The molecule has 19 heavy (non-hydrogen) atoms. The summed E-state index contributed by atoms with van der Waals surface area (Å²) >= 11 is 0. The SMILES string of the molecule is CS(=O)(=O)c1ccccc1-c1nc(C2CCC2)no1. The highest BCUT2D eigenvalue weighted by Crippen LogP contribution is 2.36. The van der Waals surface area contributed by atoms with Crippen molar-refractivity contribution in [3.8, 4) is 11.5 Å². The minimum Gasteiger partial charge on any atom is -0.334 e. The minimum absolute atomic E-state index is 0.221. The number of aromatic nitrogens is 2. The van der Waals surface area contributed by atoms with Crippen molar-refractivity contribution in [1.82, 2.24) is 10.1 Å². The third-order valence-electron chi connectivity index (χ3n) is 3.43. The van der Waals surface area contributed by atoms with Gasteiger partial charge in [0.05, 0.1) is 10.5 Å². The lowest BCUT2D eigenvalue weighted by molar-refractivity contribution is 0.366. The number of hydrogen-bond donors (Lipinski definition) is 0. The van der Waals surface area contributed by atoms with Crippen molar-refractivity contribution in [2.45, 2.75) is 30.1 Å². The topological polar surface area (TPSA) is 73.1 Å². The van der Waals surface area contributed by atoms with E-state index in [2.05, 4.69) is 10.1 Å². The fraction of sp³-hybridized carbons (Fsp3) is 0.385. The Bertz CT molecular complexity index is 702. The number of sulfone groups is 1. The van der Waals surface area contributed by atoms with Crippen molar-refractivity contribution in [3.63, 3.8) is 0 Å². The quantitative estimate of drug-likeness (QED) is 0.862. The molecule has 1 aliphatic rings. The molecule has 1 saturated carbocycles. The summed E-state index contributed by atoms with van der Waals surface area (Å²) in [7, 11) is -3.31. The first kappa shape index (κ1) is 12.3. The molecule has 0 amide bonds. The van der Waals surface area contributed by atoms with Crippen molar-refractivity contribution in [2.75, 3.05) is 6.26 Å². The van der Waals surface area contributed by atoms with Crippen molar-refractivity contribution in [3.05, 3.63) is 30.1 Å². The first-order chi connectivity index (χ1) is 9.05. The summed E-state index contributed by atoms with van der Waals surface area (Å²) in [6, 6.07) is 6.69. The zero-order chi connectivity index (χ0) is 13.5. The average molecular weight is 278 g/mol. The molecule has 5 nitrogen and oxygen atoms in total. The standard InChI is InChI=1S/C13H14N2O3S/c1-19(16,17)11-8-3-2-7-10(11)13-14-12(15-18-13)9-5-4-6-9/h2-3,7-9H,4-6H2,1H3. The lowest BCUT2D eigenvalue weighted by atomic mass is 9.85. The van der Waals surface area contributed by atoms with Gasteiger partial charge in [-0.2, -0.15) is 4.98 Å². The highest BCUT2D eigenvalue weighted by atomic mass is 32.2. The van der Waals surface area contributed by atoms with Crippen molar-refractivity contribution < 1.29 is 12.9 Å². The Labute approximate surface area is 111 Å². The maximum Gasteiger partial charge on any atom is 0.259 e. The van der Waals surface area contributed by atoms with E-state index in [0.29, 0.717) is 17.3 Å². The summed E-state index contributed by atoms with van der Waals surface area (Å²) in [6.45, 7) is 0. The zero-order valence-electron chi connectivity index (χ0n) is 10.5. The van der Waals surface area contributed by atoms with Crippen molar-refractivity contribution in [1.29, 1.82) is 0 Å². The second-order valence-corrected chi connectivity index (χ2v) is 6.84. The summed E-state index contributed by atoms with van der Waals surface area (Å²) in [6.07, 6.45) is 4.52. The molecule has 0 atom stereocenters. The van der Waals surface area contributed by atoms with Crippen LogP contribution in [0.25, 0.3) is 11.5 Å². The van der Waals surface area contributed by atoms with E-state index >= 15 is 0 Å². The highest BCUT2D eigenvalue weighted by molar-refractivity contribution is 7.90. The van der Waals surface area contributed by atoms with Gasteiger partial charge in [0.15, 0.2) is 15.7 Å². The molecule has 1 aromatic heterocycles. The molecule has 1 aromatic carbocycles. The molecule has 6 heteroatoms. The number of nitrogens with zero attached hydrogens (tertiary/aromatic N) is 2. The zero-order valence-corrected chi connectivity index (χ0v) is 11.4. The van der Waals surface area contributed by atoms with E-state index in [0.717, 1.165) is 12.8 Å². The highest BCUT2D eigenvalue weighted by Gasteiger charge is 2.26. The first-order valence-electron chi connectivity index (χ1n) is 6.19. The van der Waals surface area contributed by atoms with Gasteiger partial charge in [-0.25, -0.2) is 8.42 Å². The average Bonchev–Trinajstić information content (AvgIpc) is 2.75. The van der Waals surface area contributed by atoms with Crippen LogP contribution in [0.1, 0.15) is 31.0 Å². The lowest BCUT2D eigenvalue weighted by Gasteiger charge is -2.20. The Balaban J connectivity index is 2.04. The summed E-state index contributed by atoms with van der Waals surface area (Å²) in [4.78, 5) is 4.56. The molecule has 0 saturated heterocycles. The van der Waals surface area contributed by atoms with Crippen LogP contribution in [0.3, 0.4) is 0 Å². The Hall–Kier alpha value is -1.69. The lowest BCUT2D eigenvalue weighted by Crippen LogP contribution is -2.10. The minimum atomic E-state index is -3.31. The second kappa shape index (κ2) is 4.45. The number of hydrogen-bond acceptors (Lipinski definition) is 5. The molecule has 1 aliphatic carbocycles. The fourth-order valence-corrected chi connectivity index (χ4v) is 3.02. The summed E-state index contributed by atoms with van der Waals surface area (Å²) in [5.41, 5.74) is 0.475. The molecule has 0 aliphatic heterocycles. The van der Waals surface area contributed by atoms with Crippen LogP contribution < -0.4 is 0 Å². The largest absolute Gasteiger partial charge is 0.334 e. The van der Waals surface area contributed by atoms with Crippen molar-refractivity contribution in [2.24, 2.45) is 0 Å². The van der Waals surface area contributed by atoms with Gasteiger partial charge in [0.1, 0.15) is 0 Å². The van der Waals surface area contributed by atoms with Crippen LogP contribution in [-0.4, -0.2) is 24.8 Å². The summed E-state index contributed by atoms with van der Waals surface area (Å²) in [5.74, 6) is 1.33. The van der Waals surface area contributed by atoms with Gasteiger partial charge in [-0.3, -0.25) is 0 Å². The molecule has 2 aromatic rings. The molecular weight excluding hydrogens is 264 g/mol. The predicted octanol–water partition coefficient (Wildman–Crippen LogP) is 2.41. The van der Waals surface area contributed by atoms with Gasteiger partial charge in [0.25, 0.3) is 5.89 Å². The Morgan fingerprint density at radius 3 is 2.63 bits per heavy atom. The maximum atomic E-state index is 11.7.